The van der Waals surface area contributed by atoms with Gasteiger partial charge in [0.15, 0.2) is 0 Å². The van der Waals surface area contributed by atoms with Gasteiger partial charge < -0.3 is 10.5 Å². The lowest BCUT2D eigenvalue weighted by Gasteiger charge is -2.08. The topological polar surface area (TPSA) is 78.9 Å². The SMILES string of the molecule is COc1ccc2nc(C)cc(-n3cc(CN)nn3)c2c1. The first-order valence-corrected chi connectivity index (χ1v) is 6.28. The van der Waals surface area contributed by atoms with Gasteiger partial charge in [0.1, 0.15) is 5.75 Å². The van der Waals surface area contributed by atoms with Crippen molar-refractivity contribution in [1.82, 2.24) is 20.0 Å². The van der Waals surface area contributed by atoms with Gasteiger partial charge in [0.05, 0.1) is 30.2 Å². The molecule has 1 aromatic carbocycles. The van der Waals surface area contributed by atoms with Gasteiger partial charge in [-0.3, -0.25) is 4.98 Å². The molecule has 3 rings (SSSR count). The van der Waals surface area contributed by atoms with Crippen LogP contribution in [-0.2, 0) is 6.54 Å². The molecule has 0 aliphatic heterocycles. The van der Waals surface area contributed by atoms with Crippen molar-refractivity contribution in [2.24, 2.45) is 5.73 Å². The van der Waals surface area contributed by atoms with E-state index in [0.29, 0.717) is 6.54 Å². The molecule has 6 nitrogen and oxygen atoms in total. The van der Waals surface area contributed by atoms with Gasteiger partial charge >= 0.3 is 0 Å². The van der Waals surface area contributed by atoms with Crippen LogP contribution in [0.1, 0.15) is 11.4 Å². The molecule has 0 radical (unpaired) electrons. The van der Waals surface area contributed by atoms with Crippen molar-refractivity contribution in [2.75, 3.05) is 7.11 Å². The molecule has 2 aromatic heterocycles. The highest BCUT2D eigenvalue weighted by atomic mass is 16.5. The standard InChI is InChI=1S/C14H15N5O/c1-9-5-14(19-8-10(7-15)17-18-19)12-6-11(20-2)3-4-13(12)16-9/h3-6,8H,7,15H2,1-2H3. The minimum Gasteiger partial charge on any atom is -0.497 e. The van der Waals surface area contributed by atoms with Crippen molar-refractivity contribution < 1.29 is 4.74 Å². The van der Waals surface area contributed by atoms with Crippen LogP contribution in [0.15, 0.2) is 30.5 Å². The predicted molar refractivity (Wildman–Crippen MR) is 75.8 cm³/mol. The van der Waals surface area contributed by atoms with Crippen LogP contribution in [0, 0.1) is 6.92 Å². The summed E-state index contributed by atoms with van der Waals surface area (Å²) in [6.45, 7) is 2.32. The Bertz CT molecular complexity index is 765. The Hall–Kier alpha value is -2.47. The Kier molecular flexibility index (Phi) is 3.08. The summed E-state index contributed by atoms with van der Waals surface area (Å²) in [5.41, 5.74) is 9.06. The van der Waals surface area contributed by atoms with E-state index in [1.54, 1.807) is 11.8 Å². The highest BCUT2D eigenvalue weighted by molar-refractivity contribution is 5.88. The maximum Gasteiger partial charge on any atom is 0.119 e. The van der Waals surface area contributed by atoms with Gasteiger partial charge in [-0.25, -0.2) is 4.68 Å². The molecule has 0 unspecified atom stereocenters. The highest BCUT2D eigenvalue weighted by Gasteiger charge is 2.09. The Morgan fingerprint density at radius 3 is 2.85 bits per heavy atom. The van der Waals surface area contributed by atoms with E-state index in [1.165, 1.54) is 0 Å². The fraction of sp³-hybridized carbons (Fsp3) is 0.214. The second-order valence-electron chi connectivity index (χ2n) is 4.52. The fourth-order valence-corrected chi connectivity index (χ4v) is 2.14. The second kappa shape index (κ2) is 4.90. The number of nitrogens with two attached hydrogens (primary N) is 1. The molecule has 102 valence electrons. The van der Waals surface area contributed by atoms with Gasteiger partial charge in [0.25, 0.3) is 0 Å². The molecular weight excluding hydrogens is 254 g/mol. The Labute approximate surface area is 116 Å². The first kappa shape index (κ1) is 12.6. The molecule has 0 atom stereocenters. The monoisotopic (exact) mass is 269 g/mol. The Morgan fingerprint density at radius 2 is 2.15 bits per heavy atom. The van der Waals surface area contributed by atoms with Gasteiger partial charge in [-0.2, -0.15) is 0 Å². The van der Waals surface area contributed by atoms with Crippen LogP contribution in [0.25, 0.3) is 16.6 Å². The summed E-state index contributed by atoms with van der Waals surface area (Å²) in [6, 6.07) is 7.74. The summed E-state index contributed by atoms with van der Waals surface area (Å²) in [5.74, 6) is 0.781. The number of benzene rings is 1. The number of nitrogens with zero attached hydrogens (tertiary/aromatic N) is 4. The largest absolute Gasteiger partial charge is 0.497 e. The van der Waals surface area contributed by atoms with E-state index in [-0.39, 0.29) is 0 Å². The normalized spacial score (nSPS) is 10.9. The lowest BCUT2D eigenvalue weighted by atomic mass is 10.1. The summed E-state index contributed by atoms with van der Waals surface area (Å²) in [6.07, 6.45) is 1.83. The van der Waals surface area contributed by atoms with Gasteiger partial charge in [0.2, 0.25) is 0 Å². The van der Waals surface area contributed by atoms with Gasteiger partial charge in [-0.15, -0.1) is 5.10 Å². The van der Waals surface area contributed by atoms with E-state index in [2.05, 4.69) is 15.3 Å². The molecule has 0 saturated carbocycles. The third-order valence-electron chi connectivity index (χ3n) is 3.12. The van der Waals surface area contributed by atoms with E-state index in [1.807, 2.05) is 37.4 Å². The van der Waals surface area contributed by atoms with E-state index >= 15 is 0 Å². The molecule has 0 saturated heterocycles. The number of methoxy groups -OCH3 is 1. The molecule has 2 heterocycles. The molecule has 0 aliphatic rings. The zero-order valence-electron chi connectivity index (χ0n) is 11.4. The molecule has 0 amide bonds. The van der Waals surface area contributed by atoms with Crippen molar-refractivity contribution in [3.63, 3.8) is 0 Å². The molecule has 0 aliphatic carbocycles. The number of aromatic nitrogens is 4. The summed E-state index contributed by atoms with van der Waals surface area (Å²) in [5, 5.41) is 9.11. The second-order valence-corrected chi connectivity index (χ2v) is 4.52. The zero-order chi connectivity index (χ0) is 14.1. The van der Waals surface area contributed by atoms with Crippen molar-refractivity contribution in [3.8, 4) is 11.4 Å². The van der Waals surface area contributed by atoms with Crippen molar-refractivity contribution in [1.29, 1.82) is 0 Å². The van der Waals surface area contributed by atoms with Crippen molar-refractivity contribution in [2.45, 2.75) is 13.5 Å². The van der Waals surface area contributed by atoms with Crippen LogP contribution in [0.3, 0.4) is 0 Å². The van der Waals surface area contributed by atoms with Crippen molar-refractivity contribution in [3.05, 3.63) is 41.9 Å². The van der Waals surface area contributed by atoms with Crippen LogP contribution < -0.4 is 10.5 Å². The van der Waals surface area contributed by atoms with Crippen LogP contribution in [0.4, 0.5) is 0 Å². The smallest absolute Gasteiger partial charge is 0.119 e. The van der Waals surface area contributed by atoms with E-state index in [9.17, 15) is 0 Å². The molecular formula is C14H15N5O. The molecule has 3 aromatic rings. The Morgan fingerprint density at radius 1 is 1.30 bits per heavy atom. The summed E-state index contributed by atoms with van der Waals surface area (Å²) < 4.78 is 7.00. The average molecular weight is 269 g/mol. The Balaban J connectivity index is 2.26. The van der Waals surface area contributed by atoms with Gasteiger partial charge in [-0.1, -0.05) is 5.21 Å². The van der Waals surface area contributed by atoms with Crippen LogP contribution in [-0.4, -0.2) is 27.1 Å². The lowest BCUT2D eigenvalue weighted by Crippen LogP contribution is -1.99. The lowest BCUT2D eigenvalue weighted by molar-refractivity contribution is 0.415. The first-order valence-electron chi connectivity index (χ1n) is 6.28. The fourth-order valence-electron chi connectivity index (χ4n) is 2.14. The molecule has 2 N–H and O–H groups in total. The number of hydrogen-bond acceptors (Lipinski definition) is 5. The number of fused-ring (bicyclic) bond motifs is 1. The summed E-state index contributed by atoms with van der Waals surface area (Å²) in [4.78, 5) is 4.52. The minimum absolute atomic E-state index is 0.366. The van der Waals surface area contributed by atoms with Crippen LogP contribution >= 0.6 is 0 Å². The molecule has 0 fully saturated rings. The molecule has 20 heavy (non-hydrogen) atoms. The van der Waals surface area contributed by atoms with Crippen molar-refractivity contribution >= 4 is 10.9 Å². The summed E-state index contributed by atoms with van der Waals surface area (Å²) in [7, 11) is 1.64. The molecule has 6 heteroatoms. The van der Waals surface area contributed by atoms with Crippen LogP contribution in [0.5, 0.6) is 5.75 Å². The van der Waals surface area contributed by atoms with E-state index in [4.69, 9.17) is 10.5 Å². The first-order chi connectivity index (χ1) is 9.71. The zero-order valence-corrected chi connectivity index (χ0v) is 11.4. The average Bonchev–Trinajstić information content (AvgIpc) is 2.94. The number of hydrogen-bond donors (Lipinski definition) is 1. The van der Waals surface area contributed by atoms with E-state index in [0.717, 1.165) is 33.7 Å². The minimum atomic E-state index is 0.366. The number of pyridine rings is 1. The summed E-state index contributed by atoms with van der Waals surface area (Å²) >= 11 is 0. The quantitative estimate of drug-likeness (QED) is 0.781. The highest BCUT2D eigenvalue weighted by Crippen LogP contribution is 2.25. The van der Waals surface area contributed by atoms with E-state index < -0.39 is 0 Å². The van der Waals surface area contributed by atoms with Gasteiger partial charge in [0, 0.05) is 17.6 Å². The number of ether oxygens (including phenoxy) is 1. The third kappa shape index (κ3) is 2.10. The third-order valence-corrected chi connectivity index (χ3v) is 3.12. The predicted octanol–water partition coefficient (Wildman–Crippen LogP) is 1.59. The number of rotatable bonds is 3. The number of aryl methyl sites for hydroxylation is 1. The van der Waals surface area contributed by atoms with Crippen LogP contribution in [0.2, 0.25) is 0 Å². The maximum absolute atomic E-state index is 5.58. The molecule has 0 spiro atoms. The van der Waals surface area contributed by atoms with Gasteiger partial charge in [-0.05, 0) is 31.2 Å². The molecule has 0 bridgehead atoms. The maximum atomic E-state index is 5.58.